The Morgan fingerprint density at radius 1 is 1.22 bits per heavy atom. The number of rotatable bonds is 10. The van der Waals surface area contributed by atoms with Crippen LogP contribution in [0, 0.1) is 0 Å². The van der Waals surface area contributed by atoms with Crippen LogP contribution in [0.1, 0.15) is 15.2 Å². The number of hydrogen-bond donors (Lipinski definition) is 1. The highest BCUT2D eigenvalue weighted by atomic mass is 32.2. The number of ether oxygens (including phenoxy) is 1. The van der Waals surface area contributed by atoms with Crippen molar-refractivity contribution < 1.29 is 18.3 Å². The van der Waals surface area contributed by atoms with E-state index in [1.807, 2.05) is 11.4 Å². The Bertz CT molecular complexity index is 855. The van der Waals surface area contributed by atoms with Crippen LogP contribution in [0.2, 0.25) is 0 Å². The van der Waals surface area contributed by atoms with Crippen molar-refractivity contribution in [1.82, 2.24) is 10.2 Å². The Hall–Kier alpha value is -2.04. The number of benzene rings is 1. The molecule has 0 aliphatic heterocycles. The Kier molecular flexibility index (Phi) is 7.13. The maximum atomic E-state index is 12.2. The van der Waals surface area contributed by atoms with E-state index in [2.05, 4.69) is 26.3 Å². The molecule has 0 spiro atoms. The van der Waals surface area contributed by atoms with Crippen LogP contribution in [0.5, 0.6) is 5.75 Å². The SMILES string of the molecule is O=C(CSc1nnc(NCCc2cccs2)s1)c1ccc(OC(F)F)cc1. The van der Waals surface area contributed by atoms with Crippen molar-refractivity contribution in [2.45, 2.75) is 17.4 Å². The summed E-state index contributed by atoms with van der Waals surface area (Å²) in [7, 11) is 0. The predicted octanol–water partition coefficient (Wildman–Crippen LogP) is 4.83. The highest BCUT2D eigenvalue weighted by Gasteiger charge is 2.11. The summed E-state index contributed by atoms with van der Waals surface area (Å²) in [4.78, 5) is 13.5. The summed E-state index contributed by atoms with van der Waals surface area (Å²) in [6.07, 6.45) is 0.920. The second kappa shape index (κ2) is 9.77. The molecule has 0 aliphatic carbocycles. The van der Waals surface area contributed by atoms with Gasteiger partial charge in [0.25, 0.3) is 0 Å². The fourth-order valence-electron chi connectivity index (χ4n) is 2.12. The lowest BCUT2D eigenvalue weighted by Crippen LogP contribution is -2.04. The molecule has 1 aromatic carbocycles. The number of thioether (sulfide) groups is 1. The van der Waals surface area contributed by atoms with E-state index in [-0.39, 0.29) is 17.3 Å². The maximum absolute atomic E-state index is 12.2. The van der Waals surface area contributed by atoms with Gasteiger partial charge in [0.1, 0.15) is 5.75 Å². The van der Waals surface area contributed by atoms with Crippen LogP contribution in [0.15, 0.2) is 46.1 Å². The molecule has 0 amide bonds. The van der Waals surface area contributed by atoms with Crippen LogP contribution in [0.3, 0.4) is 0 Å². The van der Waals surface area contributed by atoms with Crippen molar-refractivity contribution in [2.24, 2.45) is 0 Å². The molecule has 0 saturated heterocycles. The van der Waals surface area contributed by atoms with Gasteiger partial charge in [0.05, 0.1) is 5.75 Å². The number of alkyl halides is 2. The third kappa shape index (κ3) is 6.26. The fourth-order valence-corrected chi connectivity index (χ4v) is 4.50. The second-order valence-corrected chi connectivity index (χ2v) is 8.48. The van der Waals surface area contributed by atoms with Gasteiger partial charge >= 0.3 is 6.61 Å². The summed E-state index contributed by atoms with van der Waals surface area (Å²) in [6, 6.07) is 9.76. The lowest BCUT2D eigenvalue weighted by molar-refractivity contribution is -0.0498. The van der Waals surface area contributed by atoms with Crippen molar-refractivity contribution in [1.29, 1.82) is 0 Å². The lowest BCUT2D eigenvalue weighted by atomic mass is 10.1. The summed E-state index contributed by atoms with van der Waals surface area (Å²) in [6.45, 7) is -2.11. The Balaban J connectivity index is 1.44. The van der Waals surface area contributed by atoms with Gasteiger partial charge in [0, 0.05) is 17.0 Å². The molecule has 3 rings (SSSR count). The highest BCUT2D eigenvalue weighted by Crippen LogP contribution is 2.26. The summed E-state index contributed by atoms with van der Waals surface area (Å²) < 4.78 is 29.2. The van der Waals surface area contributed by atoms with Crippen molar-refractivity contribution in [3.63, 3.8) is 0 Å². The zero-order valence-corrected chi connectivity index (χ0v) is 16.4. The zero-order valence-electron chi connectivity index (χ0n) is 13.9. The van der Waals surface area contributed by atoms with E-state index in [0.29, 0.717) is 9.90 Å². The molecule has 0 fully saturated rings. The van der Waals surface area contributed by atoms with Gasteiger partial charge in [-0.1, -0.05) is 29.2 Å². The van der Waals surface area contributed by atoms with Crippen LogP contribution in [-0.2, 0) is 6.42 Å². The first-order valence-corrected chi connectivity index (χ1v) is 10.6. The topological polar surface area (TPSA) is 64.1 Å². The van der Waals surface area contributed by atoms with Crippen LogP contribution in [-0.4, -0.2) is 34.9 Å². The number of nitrogens with one attached hydrogen (secondary N) is 1. The molecule has 10 heteroatoms. The van der Waals surface area contributed by atoms with Gasteiger partial charge in [-0.3, -0.25) is 4.79 Å². The van der Waals surface area contributed by atoms with Gasteiger partial charge in [-0.05, 0) is 42.1 Å². The van der Waals surface area contributed by atoms with E-state index in [9.17, 15) is 13.6 Å². The third-order valence-corrected chi connectivity index (χ3v) is 6.31. The molecule has 0 atom stereocenters. The van der Waals surface area contributed by atoms with E-state index in [4.69, 9.17) is 0 Å². The average molecular weight is 428 g/mol. The van der Waals surface area contributed by atoms with Crippen LogP contribution in [0.25, 0.3) is 0 Å². The molecular formula is C17H15F2N3O2S3. The number of aromatic nitrogens is 2. The first kappa shape index (κ1) is 19.7. The number of carbonyl (C=O) groups is 1. The Morgan fingerprint density at radius 3 is 2.74 bits per heavy atom. The normalized spacial score (nSPS) is 10.9. The standard InChI is InChI=1S/C17H15F2N3O2S3/c18-15(19)24-12-5-3-11(4-6-12)14(23)10-26-17-22-21-16(27-17)20-8-7-13-2-1-9-25-13/h1-6,9,15H,7-8,10H2,(H,20,21). The van der Waals surface area contributed by atoms with Gasteiger partial charge in [0.2, 0.25) is 5.13 Å². The second-order valence-electron chi connectivity index (χ2n) is 5.24. The summed E-state index contributed by atoms with van der Waals surface area (Å²) >= 11 is 4.41. The molecule has 5 nitrogen and oxygen atoms in total. The number of Topliss-reactive ketones (excluding diaryl/α,β-unsaturated/α-hetero) is 1. The molecule has 0 saturated carbocycles. The number of carbonyl (C=O) groups excluding carboxylic acids is 1. The molecule has 0 unspecified atom stereocenters. The number of halogens is 2. The van der Waals surface area contributed by atoms with Crippen molar-refractivity contribution in [3.05, 3.63) is 52.2 Å². The Morgan fingerprint density at radius 2 is 2.04 bits per heavy atom. The number of thiophene rings is 1. The molecule has 1 N–H and O–H groups in total. The molecule has 0 aliphatic rings. The minimum absolute atomic E-state index is 0.0246. The molecule has 3 aromatic rings. The fraction of sp³-hybridized carbons (Fsp3) is 0.235. The third-order valence-electron chi connectivity index (χ3n) is 3.36. The largest absolute Gasteiger partial charge is 0.435 e. The van der Waals surface area contributed by atoms with E-state index < -0.39 is 6.61 Å². The zero-order chi connectivity index (χ0) is 19.1. The smallest absolute Gasteiger partial charge is 0.387 e. The average Bonchev–Trinajstić information content (AvgIpc) is 3.32. The summed E-state index contributed by atoms with van der Waals surface area (Å²) in [5, 5.41) is 14.1. The molecular weight excluding hydrogens is 412 g/mol. The number of ketones is 1. The highest BCUT2D eigenvalue weighted by molar-refractivity contribution is 8.01. The minimum Gasteiger partial charge on any atom is -0.435 e. The predicted molar refractivity (Wildman–Crippen MR) is 105 cm³/mol. The summed E-state index contributed by atoms with van der Waals surface area (Å²) in [5.41, 5.74) is 0.433. The maximum Gasteiger partial charge on any atom is 0.387 e. The monoisotopic (exact) mass is 427 g/mol. The number of anilines is 1. The molecule has 27 heavy (non-hydrogen) atoms. The number of hydrogen-bond acceptors (Lipinski definition) is 8. The molecule has 0 radical (unpaired) electrons. The minimum atomic E-state index is -2.88. The first-order valence-electron chi connectivity index (χ1n) is 7.91. The molecule has 0 bridgehead atoms. The van der Waals surface area contributed by atoms with Gasteiger partial charge in [0.15, 0.2) is 10.1 Å². The first-order chi connectivity index (χ1) is 13.1. The van der Waals surface area contributed by atoms with Crippen LogP contribution in [0.4, 0.5) is 13.9 Å². The van der Waals surface area contributed by atoms with Gasteiger partial charge in [-0.2, -0.15) is 8.78 Å². The van der Waals surface area contributed by atoms with Crippen LogP contribution >= 0.6 is 34.4 Å². The van der Waals surface area contributed by atoms with Crippen molar-refractivity contribution in [3.8, 4) is 5.75 Å². The lowest BCUT2D eigenvalue weighted by Gasteiger charge is -2.05. The van der Waals surface area contributed by atoms with E-state index in [1.54, 1.807) is 11.3 Å². The molecule has 142 valence electrons. The quantitative estimate of drug-likeness (QED) is 0.369. The Labute approximate surface area is 166 Å². The number of nitrogens with zero attached hydrogens (tertiary/aromatic N) is 2. The van der Waals surface area contributed by atoms with E-state index in [1.165, 1.54) is 52.2 Å². The van der Waals surface area contributed by atoms with Gasteiger partial charge in [-0.15, -0.1) is 21.5 Å². The van der Waals surface area contributed by atoms with Crippen LogP contribution < -0.4 is 10.1 Å². The van der Waals surface area contributed by atoms with Gasteiger partial charge < -0.3 is 10.1 Å². The van der Waals surface area contributed by atoms with Gasteiger partial charge in [-0.25, -0.2) is 0 Å². The van der Waals surface area contributed by atoms with Crippen molar-refractivity contribution in [2.75, 3.05) is 17.6 Å². The van der Waals surface area contributed by atoms with Crippen molar-refractivity contribution >= 4 is 45.4 Å². The molecule has 2 heterocycles. The van der Waals surface area contributed by atoms with E-state index >= 15 is 0 Å². The summed E-state index contributed by atoms with van der Waals surface area (Å²) in [5.74, 6) is 0.0985. The molecule has 2 aromatic heterocycles. The van der Waals surface area contributed by atoms with E-state index in [0.717, 1.165) is 18.1 Å².